The summed E-state index contributed by atoms with van der Waals surface area (Å²) in [5.74, 6) is -0.217. The van der Waals surface area contributed by atoms with E-state index in [0.717, 1.165) is 6.54 Å². The number of rotatable bonds is 4. The van der Waals surface area contributed by atoms with E-state index < -0.39 is 5.54 Å². The Morgan fingerprint density at radius 3 is 2.38 bits per heavy atom. The van der Waals surface area contributed by atoms with E-state index in [0.29, 0.717) is 0 Å². The van der Waals surface area contributed by atoms with Crippen LogP contribution in [0.25, 0.3) is 0 Å². The summed E-state index contributed by atoms with van der Waals surface area (Å²) in [5.41, 5.74) is 0.576. The van der Waals surface area contributed by atoms with E-state index in [9.17, 15) is 4.79 Å². The second-order valence-corrected chi connectivity index (χ2v) is 4.39. The average molecular weight is 221 g/mol. The Bertz CT molecular complexity index is 346. The Labute approximate surface area is 97.0 Å². The summed E-state index contributed by atoms with van der Waals surface area (Å²) in [6.45, 7) is 4.45. The lowest BCUT2D eigenvalue weighted by Crippen LogP contribution is -2.48. The fraction of sp³-hybridized carbons (Fsp3) is 0.462. The maximum Gasteiger partial charge on any atom is 0.325 e. The number of carbonyl (C=O) groups excluding carboxylic acids is 1. The molecular weight excluding hydrogens is 202 g/mol. The van der Waals surface area contributed by atoms with Gasteiger partial charge in [-0.2, -0.15) is 0 Å². The van der Waals surface area contributed by atoms with Crippen molar-refractivity contribution in [2.24, 2.45) is 0 Å². The van der Waals surface area contributed by atoms with E-state index in [1.165, 1.54) is 12.7 Å². The smallest absolute Gasteiger partial charge is 0.325 e. The standard InChI is InChI=1S/C13H19NO2/c1-13(2,12(15)16-4)14(3)10-11-8-6-5-7-9-11/h5-9H,10H2,1-4H3. The van der Waals surface area contributed by atoms with Crippen LogP contribution < -0.4 is 0 Å². The minimum atomic E-state index is -0.607. The zero-order chi connectivity index (χ0) is 12.2. The summed E-state index contributed by atoms with van der Waals surface area (Å²) < 4.78 is 4.79. The normalized spacial score (nSPS) is 11.6. The molecule has 0 heterocycles. The lowest BCUT2D eigenvalue weighted by molar-refractivity contribution is -0.152. The predicted octanol–water partition coefficient (Wildman–Crippen LogP) is 2.07. The van der Waals surface area contributed by atoms with E-state index in [-0.39, 0.29) is 5.97 Å². The van der Waals surface area contributed by atoms with E-state index in [2.05, 4.69) is 0 Å². The molecule has 0 aromatic heterocycles. The molecule has 0 fully saturated rings. The van der Waals surface area contributed by atoms with Crippen LogP contribution in [0.15, 0.2) is 30.3 Å². The number of likely N-dealkylation sites (N-methyl/N-ethyl adjacent to an activating group) is 1. The molecule has 0 N–H and O–H groups in total. The van der Waals surface area contributed by atoms with Crippen molar-refractivity contribution in [2.75, 3.05) is 14.2 Å². The SMILES string of the molecule is COC(=O)C(C)(C)N(C)Cc1ccccc1. The molecule has 1 aromatic carbocycles. The summed E-state index contributed by atoms with van der Waals surface area (Å²) in [6.07, 6.45) is 0. The molecule has 0 saturated carbocycles. The van der Waals surface area contributed by atoms with Crippen molar-refractivity contribution in [3.05, 3.63) is 35.9 Å². The number of nitrogens with zero attached hydrogens (tertiary/aromatic N) is 1. The molecule has 0 spiro atoms. The maximum absolute atomic E-state index is 11.6. The largest absolute Gasteiger partial charge is 0.468 e. The zero-order valence-electron chi connectivity index (χ0n) is 10.4. The van der Waals surface area contributed by atoms with Gasteiger partial charge in [-0.25, -0.2) is 0 Å². The molecule has 1 rings (SSSR count). The van der Waals surface area contributed by atoms with Crippen LogP contribution in [0.2, 0.25) is 0 Å². The molecule has 0 atom stereocenters. The van der Waals surface area contributed by atoms with Crippen molar-refractivity contribution in [3.63, 3.8) is 0 Å². The van der Waals surface area contributed by atoms with E-state index in [1.54, 1.807) is 0 Å². The van der Waals surface area contributed by atoms with Gasteiger partial charge in [0.25, 0.3) is 0 Å². The monoisotopic (exact) mass is 221 g/mol. The van der Waals surface area contributed by atoms with Gasteiger partial charge in [-0.15, -0.1) is 0 Å². The van der Waals surface area contributed by atoms with Gasteiger partial charge < -0.3 is 4.74 Å². The molecule has 0 radical (unpaired) electrons. The maximum atomic E-state index is 11.6. The van der Waals surface area contributed by atoms with Crippen molar-refractivity contribution in [2.45, 2.75) is 25.9 Å². The molecule has 0 bridgehead atoms. The van der Waals surface area contributed by atoms with Crippen molar-refractivity contribution in [3.8, 4) is 0 Å². The zero-order valence-corrected chi connectivity index (χ0v) is 10.4. The number of benzene rings is 1. The molecule has 1 aromatic rings. The van der Waals surface area contributed by atoms with Crippen LogP contribution in [0, 0.1) is 0 Å². The van der Waals surface area contributed by atoms with Gasteiger partial charge in [0.2, 0.25) is 0 Å². The van der Waals surface area contributed by atoms with Gasteiger partial charge in [-0.05, 0) is 26.5 Å². The lowest BCUT2D eigenvalue weighted by atomic mass is 10.0. The first-order chi connectivity index (χ1) is 7.48. The highest BCUT2D eigenvalue weighted by molar-refractivity contribution is 5.79. The van der Waals surface area contributed by atoms with Crippen molar-refractivity contribution < 1.29 is 9.53 Å². The quantitative estimate of drug-likeness (QED) is 0.729. The summed E-state index contributed by atoms with van der Waals surface area (Å²) in [4.78, 5) is 13.6. The molecule has 0 aliphatic rings. The second-order valence-electron chi connectivity index (χ2n) is 4.39. The molecule has 0 aliphatic heterocycles. The van der Waals surface area contributed by atoms with Crippen LogP contribution in [0.4, 0.5) is 0 Å². The van der Waals surface area contributed by atoms with Crippen LogP contribution in [-0.2, 0) is 16.1 Å². The number of hydrogen-bond acceptors (Lipinski definition) is 3. The van der Waals surface area contributed by atoms with Gasteiger partial charge in [0.15, 0.2) is 0 Å². The Hall–Kier alpha value is -1.35. The number of carbonyl (C=O) groups is 1. The third kappa shape index (κ3) is 2.83. The summed E-state index contributed by atoms with van der Waals surface area (Å²) in [5, 5.41) is 0. The molecule has 0 saturated heterocycles. The van der Waals surface area contributed by atoms with Gasteiger partial charge >= 0.3 is 5.97 Å². The third-order valence-electron chi connectivity index (χ3n) is 2.90. The predicted molar refractivity (Wildman–Crippen MR) is 64.0 cm³/mol. The molecular formula is C13H19NO2. The van der Waals surface area contributed by atoms with Gasteiger partial charge in [0.05, 0.1) is 7.11 Å². The first kappa shape index (κ1) is 12.7. The van der Waals surface area contributed by atoms with Crippen LogP contribution in [-0.4, -0.2) is 30.6 Å². The highest BCUT2D eigenvalue weighted by Crippen LogP contribution is 2.17. The van der Waals surface area contributed by atoms with Gasteiger partial charge in [0, 0.05) is 6.54 Å². The summed E-state index contributed by atoms with van der Waals surface area (Å²) in [6, 6.07) is 10.1. The fourth-order valence-electron chi connectivity index (χ4n) is 1.46. The number of esters is 1. The van der Waals surface area contributed by atoms with E-state index in [4.69, 9.17) is 4.74 Å². The summed E-state index contributed by atoms with van der Waals surface area (Å²) >= 11 is 0. The molecule has 16 heavy (non-hydrogen) atoms. The Kier molecular flexibility index (Phi) is 4.07. The topological polar surface area (TPSA) is 29.5 Å². The van der Waals surface area contributed by atoms with Crippen LogP contribution in [0.3, 0.4) is 0 Å². The Morgan fingerprint density at radius 2 is 1.88 bits per heavy atom. The molecule has 3 heteroatoms. The summed E-state index contributed by atoms with van der Waals surface area (Å²) in [7, 11) is 3.34. The Balaban J connectivity index is 2.72. The van der Waals surface area contributed by atoms with Crippen LogP contribution in [0.5, 0.6) is 0 Å². The molecule has 0 aliphatic carbocycles. The third-order valence-corrected chi connectivity index (χ3v) is 2.90. The van der Waals surface area contributed by atoms with Crippen molar-refractivity contribution >= 4 is 5.97 Å². The number of methoxy groups -OCH3 is 1. The van der Waals surface area contributed by atoms with E-state index in [1.807, 2.05) is 56.1 Å². The highest BCUT2D eigenvalue weighted by Gasteiger charge is 2.33. The highest BCUT2D eigenvalue weighted by atomic mass is 16.5. The Morgan fingerprint density at radius 1 is 1.31 bits per heavy atom. The lowest BCUT2D eigenvalue weighted by Gasteiger charge is -2.32. The molecule has 0 amide bonds. The molecule has 3 nitrogen and oxygen atoms in total. The first-order valence-electron chi connectivity index (χ1n) is 5.32. The van der Waals surface area contributed by atoms with Gasteiger partial charge in [0.1, 0.15) is 5.54 Å². The molecule has 88 valence electrons. The number of ether oxygens (including phenoxy) is 1. The fourth-order valence-corrected chi connectivity index (χ4v) is 1.46. The average Bonchev–Trinajstić information content (AvgIpc) is 2.29. The van der Waals surface area contributed by atoms with Crippen molar-refractivity contribution in [1.29, 1.82) is 0 Å². The minimum absolute atomic E-state index is 0.217. The van der Waals surface area contributed by atoms with Gasteiger partial charge in [-0.3, -0.25) is 9.69 Å². The van der Waals surface area contributed by atoms with Crippen LogP contribution >= 0.6 is 0 Å². The number of hydrogen-bond donors (Lipinski definition) is 0. The second kappa shape index (κ2) is 5.12. The molecule has 0 unspecified atom stereocenters. The first-order valence-corrected chi connectivity index (χ1v) is 5.32. The van der Waals surface area contributed by atoms with E-state index >= 15 is 0 Å². The van der Waals surface area contributed by atoms with Gasteiger partial charge in [-0.1, -0.05) is 30.3 Å². The van der Waals surface area contributed by atoms with Crippen molar-refractivity contribution in [1.82, 2.24) is 4.90 Å². The minimum Gasteiger partial charge on any atom is -0.468 e. The van der Waals surface area contributed by atoms with Crippen LogP contribution in [0.1, 0.15) is 19.4 Å².